The minimum absolute atomic E-state index is 0.0592. The van der Waals surface area contributed by atoms with Crippen molar-refractivity contribution in [3.63, 3.8) is 0 Å². The molecule has 0 atom stereocenters. The van der Waals surface area contributed by atoms with Crippen molar-refractivity contribution in [3.05, 3.63) is 59.4 Å². The molecule has 0 radical (unpaired) electrons. The Labute approximate surface area is 157 Å². The van der Waals surface area contributed by atoms with Crippen molar-refractivity contribution in [2.75, 3.05) is 13.1 Å². The van der Waals surface area contributed by atoms with Crippen molar-refractivity contribution in [2.24, 2.45) is 0 Å². The highest BCUT2D eigenvalue weighted by molar-refractivity contribution is 5.94. The van der Waals surface area contributed by atoms with E-state index >= 15 is 0 Å². The van der Waals surface area contributed by atoms with E-state index in [2.05, 4.69) is 15.0 Å². The Balaban J connectivity index is 1.47. The van der Waals surface area contributed by atoms with Gasteiger partial charge in [-0.2, -0.15) is 13.2 Å². The summed E-state index contributed by atoms with van der Waals surface area (Å²) in [7, 11) is 0. The second-order valence-electron chi connectivity index (χ2n) is 6.76. The molecule has 1 aliphatic rings. The molecule has 1 saturated heterocycles. The van der Waals surface area contributed by atoms with Gasteiger partial charge >= 0.3 is 6.18 Å². The van der Waals surface area contributed by atoms with Gasteiger partial charge in [-0.25, -0.2) is 9.37 Å². The number of alkyl halides is 3. The van der Waals surface area contributed by atoms with E-state index in [4.69, 9.17) is 0 Å². The molecule has 1 N–H and O–H groups in total. The Morgan fingerprint density at radius 1 is 1.11 bits per heavy atom. The van der Waals surface area contributed by atoms with Gasteiger partial charge in [0.1, 0.15) is 17.2 Å². The van der Waals surface area contributed by atoms with Crippen LogP contribution in [0.3, 0.4) is 0 Å². The second-order valence-corrected chi connectivity index (χ2v) is 6.76. The Morgan fingerprint density at radius 2 is 1.86 bits per heavy atom. The highest BCUT2D eigenvalue weighted by atomic mass is 19.4. The van der Waals surface area contributed by atoms with Crippen molar-refractivity contribution < 1.29 is 22.4 Å². The number of carbonyl (C=O) groups excluding carboxylic acids is 1. The second kappa shape index (κ2) is 6.88. The number of halogens is 4. The van der Waals surface area contributed by atoms with Crippen LogP contribution >= 0.6 is 0 Å². The average Bonchev–Trinajstić information content (AvgIpc) is 3.16. The van der Waals surface area contributed by atoms with Gasteiger partial charge in [0.25, 0.3) is 5.91 Å². The topological polar surface area (TPSA) is 61.9 Å². The van der Waals surface area contributed by atoms with E-state index < -0.39 is 11.9 Å². The molecule has 1 aliphatic heterocycles. The first-order chi connectivity index (χ1) is 13.3. The van der Waals surface area contributed by atoms with Crippen molar-refractivity contribution in [1.82, 2.24) is 19.9 Å². The largest absolute Gasteiger partial charge is 0.433 e. The monoisotopic (exact) mass is 392 g/mol. The number of nitrogens with one attached hydrogen (secondary N) is 1. The van der Waals surface area contributed by atoms with E-state index in [0.29, 0.717) is 37.1 Å². The summed E-state index contributed by atoms with van der Waals surface area (Å²) in [6, 6.07) is 3.72. The number of nitrogens with zero attached hydrogens (tertiary/aromatic N) is 3. The lowest BCUT2D eigenvalue weighted by Gasteiger charge is -2.32. The third-order valence-electron chi connectivity index (χ3n) is 5.07. The normalized spacial score (nSPS) is 15.9. The summed E-state index contributed by atoms with van der Waals surface area (Å²) >= 11 is 0. The molecule has 3 aromatic heterocycles. The Morgan fingerprint density at radius 3 is 2.50 bits per heavy atom. The number of H-pyrrole nitrogens is 1. The van der Waals surface area contributed by atoms with Crippen LogP contribution in [0.1, 0.15) is 40.4 Å². The number of aromatic amines is 1. The number of hydrogen-bond acceptors (Lipinski definition) is 3. The van der Waals surface area contributed by atoms with E-state index in [1.165, 1.54) is 6.20 Å². The Hall–Kier alpha value is -2.97. The van der Waals surface area contributed by atoms with Crippen LogP contribution in [0.2, 0.25) is 0 Å². The van der Waals surface area contributed by atoms with Crippen LogP contribution in [-0.4, -0.2) is 38.8 Å². The highest BCUT2D eigenvalue weighted by Gasteiger charge is 2.33. The van der Waals surface area contributed by atoms with Gasteiger partial charge in [0, 0.05) is 36.4 Å². The van der Waals surface area contributed by atoms with Gasteiger partial charge in [0.15, 0.2) is 0 Å². The molecular formula is C19H16F4N4O. The molecule has 1 fully saturated rings. The molecule has 0 bridgehead atoms. The van der Waals surface area contributed by atoms with E-state index in [-0.39, 0.29) is 23.2 Å². The van der Waals surface area contributed by atoms with Crippen LogP contribution < -0.4 is 0 Å². The Bertz CT molecular complexity index is 1000. The van der Waals surface area contributed by atoms with Gasteiger partial charge in [-0.1, -0.05) is 0 Å². The summed E-state index contributed by atoms with van der Waals surface area (Å²) < 4.78 is 52.2. The molecule has 0 saturated carbocycles. The van der Waals surface area contributed by atoms with Crippen molar-refractivity contribution in [1.29, 1.82) is 0 Å². The summed E-state index contributed by atoms with van der Waals surface area (Å²) in [5, 5.41) is 0.733. The zero-order chi connectivity index (χ0) is 19.9. The zero-order valence-electron chi connectivity index (χ0n) is 14.6. The molecule has 5 nitrogen and oxygen atoms in total. The molecule has 0 unspecified atom stereocenters. The highest BCUT2D eigenvalue weighted by Crippen LogP contribution is 2.34. The molecule has 28 heavy (non-hydrogen) atoms. The van der Waals surface area contributed by atoms with Gasteiger partial charge in [-0.3, -0.25) is 9.78 Å². The number of fused-ring (bicyclic) bond motifs is 1. The smallest absolute Gasteiger partial charge is 0.346 e. The van der Waals surface area contributed by atoms with Crippen LogP contribution in [0, 0.1) is 5.82 Å². The molecule has 4 rings (SSSR count). The zero-order valence-corrected chi connectivity index (χ0v) is 14.6. The lowest BCUT2D eigenvalue weighted by atomic mass is 9.87. The van der Waals surface area contributed by atoms with Crippen LogP contribution in [0.5, 0.6) is 0 Å². The predicted molar refractivity (Wildman–Crippen MR) is 93.2 cm³/mol. The molecule has 9 heteroatoms. The van der Waals surface area contributed by atoms with Gasteiger partial charge in [-0.15, -0.1) is 0 Å². The SMILES string of the molecule is O=C(c1ccc(C(F)(F)F)nc1)N1CCC(c2c(F)cnc3[nH]ccc23)CC1. The number of rotatable bonds is 2. The number of aromatic nitrogens is 3. The summed E-state index contributed by atoms with van der Waals surface area (Å²) in [5.41, 5.74) is 0.279. The summed E-state index contributed by atoms with van der Waals surface area (Å²) in [5.74, 6) is -0.804. The van der Waals surface area contributed by atoms with Crippen molar-refractivity contribution in [2.45, 2.75) is 24.9 Å². The first kappa shape index (κ1) is 18.4. The van der Waals surface area contributed by atoms with Gasteiger partial charge in [0.2, 0.25) is 0 Å². The van der Waals surface area contributed by atoms with Gasteiger partial charge < -0.3 is 9.88 Å². The predicted octanol–water partition coefficient (Wildman–Crippen LogP) is 4.14. The first-order valence-corrected chi connectivity index (χ1v) is 8.78. The standard InChI is InChI=1S/C19H16F4N4O/c20-14-10-26-17-13(3-6-24-17)16(14)11-4-7-27(8-5-11)18(28)12-1-2-15(25-9-12)19(21,22)23/h1-3,6,9-11H,4-5,7-8H2,(H,24,26). The summed E-state index contributed by atoms with van der Waals surface area (Å²) in [6.07, 6.45) is 0.416. The number of pyridine rings is 2. The molecule has 1 amide bonds. The third-order valence-corrected chi connectivity index (χ3v) is 5.07. The molecule has 0 aromatic carbocycles. The Kier molecular flexibility index (Phi) is 4.52. The number of piperidine rings is 1. The van der Waals surface area contributed by atoms with E-state index in [1.807, 2.05) is 0 Å². The van der Waals surface area contributed by atoms with Crippen LogP contribution in [-0.2, 0) is 6.18 Å². The molecule has 3 aromatic rings. The van der Waals surface area contributed by atoms with E-state index in [1.54, 1.807) is 17.2 Å². The summed E-state index contributed by atoms with van der Waals surface area (Å²) in [4.78, 5) is 24.4. The van der Waals surface area contributed by atoms with E-state index in [9.17, 15) is 22.4 Å². The molecular weight excluding hydrogens is 376 g/mol. The van der Waals surface area contributed by atoms with Crippen molar-refractivity contribution >= 4 is 16.9 Å². The third kappa shape index (κ3) is 3.32. The number of likely N-dealkylation sites (tertiary alicyclic amines) is 1. The molecule has 0 aliphatic carbocycles. The quantitative estimate of drug-likeness (QED) is 0.667. The average molecular weight is 392 g/mol. The van der Waals surface area contributed by atoms with Crippen LogP contribution in [0.4, 0.5) is 17.6 Å². The lowest BCUT2D eigenvalue weighted by Crippen LogP contribution is -2.38. The van der Waals surface area contributed by atoms with Gasteiger partial charge in [0.05, 0.1) is 11.8 Å². The maximum Gasteiger partial charge on any atom is 0.433 e. The fourth-order valence-electron chi connectivity index (χ4n) is 3.66. The van der Waals surface area contributed by atoms with Crippen LogP contribution in [0.25, 0.3) is 11.0 Å². The maximum absolute atomic E-state index is 14.4. The molecule has 0 spiro atoms. The number of carbonyl (C=O) groups is 1. The first-order valence-electron chi connectivity index (χ1n) is 8.78. The maximum atomic E-state index is 14.4. The van der Waals surface area contributed by atoms with Gasteiger partial charge in [-0.05, 0) is 37.0 Å². The summed E-state index contributed by atoms with van der Waals surface area (Å²) in [6.45, 7) is 0.774. The van der Waals surface area contributed by atoms with Crippen molar-refractivity contribution in [3.8, 4) is 0 Å². The fourth-order valence-corrected chi connectivity index (χ4v) is 3.66. The lowest BCUT2D eigenvalue weighted by molar-refractivity contribution is -0.141. The fraction of sp³-hybridized carbons (Fsp3) is 0.316. The molecule has 4 heterocycles. The van der Waals surface area contributed by atoms with Crippen LogP contribution in [0.15, 0.2) is 36.8 Å². The minimum Gasteiger partial charge on any atom is -0.346 e. The van der Waals surface area contributed by atoms with E-state index in [0.717, 1.165) is 23.7 Å². The minimum atomic E-state index is -4.54. The molecule has 146 valence electrons. The number of amides is 1. The number of hydrogen-bond donors (Lipinski definition) is 1.